The molecule has 3 aliphatic heterocycles. The lowest BCUT2D eigenvalue weighted by atomic mass is 9.96. The zero-order chi connectivity index (χ0) is 34.3. The summed E-state index contributed by atoms with van der Waals surface area (Å²) >= 11 is 0. The maximum Gasteiger partial charge on any atom is 0.410 e. The quantitative estimate of drug-likeness (QED) is 0.314. The Morgan fingerprint density at radius 1 is 1.16 bits per heavy atom. The molecule has 3 aliphatic rings. The molecule has 4 aromatic rings. The monoisotopic (exact) mass is 620 g/mol. The number of rotatable bonds is 4. The second-order valence-electron chi connectivity index (χ2n) is 12.7. The Balaban J connectivity index is 1.26. The molecule has 1 saturated heterocycles. The molecule has 0 spiro atoms. The highest BCUT2D eigenvalue weighted by molar-refractivity contribution is 5.98. The van der Waals surface area contributed by atoms with Crippen LogP contribution in [0.15, 0.2) is 54.7 Å². The first-order valence-electron chi connectivity index (χ1n) is 16.1. The Labute approximate surface area is 262 Å². The van der Waals surface area contributed by atoms with Crippen LogP contribution in [0.4, 0.5) is 13.6 Å². The molecule has 2 bridgehead atoms. The number of ether oxygens (including phenoxy) is 2. The van der Waals surface area contributed by atoms with Gasteiger partial charge in [0.25, 0.3) is 5.91 Å². The van der Waals surface area contributed by atoms with Crippen molar-refractivity contribution in [3.8, 4) is 16.9 Å². The predicted octanol–water partition coefficient (Wildman–Crippen LogP) is 5.65. The van der Waals surface area contributed by atoms with Crippen molar-refractivity contribution in [1.82, 2.24) is 24.3 Å². The van der Waals surface area contributed by atoms with Crippen molar-refractivity contribution in [3.05, 3.63) is 77.4 Å². The van der Waals surface area contributed by atoms with E-state index in [-0.39, 0.29) is 29.8 Å². The average Bonchev–Trinajstić information content (AvgIpc) is 3.66. The Hall–Kier alpha value is -4.58. The zero-order valence-electron chi connectivity index (χ0n) is 27.8. The third kappa shape index (κ3) is 4.87. The van der Waals surface area contributed by atoms with Crippen LogP contribution in [-0.2, 0) is 10.3 Å². The van der Waals surface area contributed by atoms with E-state index in [9.17, 15) is 23.5 Å². The number of halogens is 2. The van der Waals surface area contributed by atoms with Gasteiger partial charge < -0.3 is 28.9 Å². The van der Waals surface area contributed by atoms with Gasteiger partial charge in [-0.3, -0.25) is 9.78 Å². The van der Waals surface area contributed by atoms with Crippen molar-refractivity contribution in [2.24, 2.45) is 0 Å². The molecule has 0 aliphatic carbocycles. The molecule has 2 aromatic heterocycles. The lowest BCUT2D eigenvalue weighted by Gasteiger charge is -2.26. The number of carbonyl (C=O) groups excluding carboxylic acids is 2. The highest BCUT2D eigenvalue weighted by atomic mass is 19.3. The smallest absolute Gasteiger partial charge is 0.410 e. The lowest BCUT2D eigenvalue weighted by Crippen LogP contribution is -2.38. The number of amides is 2. The van der Waals surface area contributed by atoms with Crippen LogP contribution >= 0.6 is 0 Å². The van der Waals surface area contributed by atoms with Crippen LogP contribution < -0.4 is 4.74 Å². The molecule has 2 unspecified atom stereocenters. The first kappa shape index (κ1) is 25.7. The minimum absolute atomic E-state index is 0.0182. The standard InChI is InChI=1S/C33H33F2N5O5/c1-32(2,3)45-31(42)39-13-12-33(43,17-39)26-11-9-19(16-36-26)18-8-10-21-22(14-18)40-23-15-24(28(40)37-21)38(4)29(41)20-6-5-7-25(27(20)23)44-30(34)35/h5-11,14,16,23-24,30,43H,12-13,15,17H2,1-4H3/t23?,24-,33?/m1/s1/i4D3. The van der Waals surface area contributed by atoms with E-state index in [0.717, 1.165) is 10.5 Å². The van der Waals surface area contributed by atoms with Gasteiger partial charge in [0.1, 0.15) is 22.8 Å². The maximum atomic E-state index is 13.7. The molecule has 12 heteroatoms. The van der Waals surface area contributed by atoms with Crippen LogP contribution in [-0.4, -0.2) is 73.7 Å². The molecule has 1 N–H and O–H groups in total. The third-order valence-electron chi connectivity index (χ3n) is 8.62. The van der Waals surface area contributed by atoms with Gasteiger partial charge in [0.15, 0.2) is 0 Å². The molecule has 2 aromatic carbocycles. The number of hydrogen-bond donors (Lipinski definition) is 1. The van der Waals surface area contributed by atoms with Gasteiger partial charge in [-0.25, -0.2) is 9.78 Å². The largest absolute Gasteiger partial charge is 0.444 e. The van der Waals surface area contributed by atoms with Gasteiger partial charge in [0.2, 0.25) is 0 Å². The van der Waals surface area contributed by atoms with Crippen molar-refractivity contribution in [2.75, 3.05) is 20.1 Å². The molecule has 10 nitrogen and oxygen atoms in total. The summed E-state index contributed by atoms with van der Waals surface area (Å²) in [5, 5.41) is 11.4. The molecule has 5 heterocycles. The van der Waals surface area contributed by atoms with Crippen molar-refractivity contribution in [1.29, 1.82) is 0 Å². The van der Waals surface area contributed by atoms with E-state index in [4.69, 9.17) is 18.6 Å². The van der Waals surface area contributed by atoms with E-state index in [1.807, 2.05) is 12.1 Å². The average molecular weight is 621 g/mol. The number of likely N-dealkylation sites (tertiary alicyclic amines) is 1. The molecule has 1 fully saturated rings. The number of carbonyl (C=O) groups is 2. The summed E-state index contributed by atoms with van der Waals surface area (Å²) in [7, 11) is 0. The topological polar surface area (TPSA) is 110 Å². The number of imidazole rings is 1. The minimum atomic E-state index is -3.16. The Bertz CT molecular complexity index is 1940. The fourth-order valence-corrected chi connectivity index (χ4v) is 6.61. The Morgan fingerprint density at radius 2 is 1.96 bits per heavy atom. The number of hydrogen-bond acceptors (Lipinski definition) is 7. The summed E-state index contributed by atoms with van der Waals surface area (Å²) in [5.74, 6) is -0.672. The van der Waals surface area contributed by atoms with E-state index in [1.165, 1.54) is 23.1 Å². The number of alkyl halides is 2. The summed E-state index contributed by atoms with van der Waals surface area (Å²) < 4.78 is 63.7. The Kier molecular flexibility index (Phi) is 5.85. The second-order valence-corrected chi connectivity index (χ2v) is 12.7. The number of nitrogens with zero attached hydrogens (tertiary/aromatic N) is 5. The summed E-state index contributed by atoms with van der Waals surface area (Å²) in [6, 6.07) is 11.5. The Morgan fingerprint density at radius 3 is 2.67 bits per heavy atom. The van der Waals surface area contributed by atoms with E-state index < -0.39 is 48.9 Å². The van der Waals surface area contributed by atoms with Crippen LogP contribution in [0.25, 0.3) is 22.2 Å². The lowest BCUT2D eigenvalue weighted by molar-refractivity contribution is -0.0507. The fourth-order valence-electron chi connectivity index (χ4n) is 6.61. The zero-order valence-corrected chi connectivity index (χ0v) is 24.8. The highest BCUT2D eigenvalue weighted by Crippen LogP contribution is 2.50. The SMILES string of the molecule is [2H]C([2H])([2H])N1C(=O)c2cccc(OC(F)F)c2C2C[C@@H]1c1nc3ccc(-c4ccc(C5(O)CCN(C(=O)OC(C)(C)C)C5)nc4)cc3n12. The van der Waals surface area contributed by atoms with Gasteiger partial charge in [0.05, 0.1) is 35.4 Å². The minimum Gasteiger partial charge on any atom is -0.444 e. The van der Waals surface area contributed by atoms with Crippen LogP contribution in [0.2, 0.25) is 0 Å². The number of benzene rings is 2. The fraction of sp³-hybridized carbons (Fsp3) is 0.394. The molecule has 2 amide bonds. The van der Waals surface area contributed by atoms with Crippen molar-refractivity contribution in [2.45, 2.75) is 63.5 Å². The van der Waals surface area contributed by atoms with Gasteiger partial charge in [-0.1, -0.05) is 18.2 Å². The first-order chi connectivity index (χ1) is 22.5. The predicted molar refractivity (Wildman–Crippen MR) is 160 cm³/mol. The molecule has 45 heavy (non-hydrogen) atoms. The van der Waals surface area contributed by atoms with Crippen LogP contribution in [0.3, 0.4) is 0 Å². The van der Waals surface area contributed by atoms with Crippen LogP contribution in [0, 0.1) is 0 Å². The molecular formula is C33H33F2N5O5. The van der Waals surface area contributed by atoms with Crippen molar-refractivity contribution < 1.29 is 37.1 Å². The maximum absolute atomic E-state index is 13.7. The summed E-state index contributed by atoms with van der Waals surface area (Å²) in [6.07, 6.45) is 1.52. The number of fused-ring (bicyclic) bond motifs is 9. The molecule has 0 radical (unpaired) electrons. The summed E-state index contributed by atoms with van der Waals surface area (Å²) in [6.45, 7) is -0.289. The van der Waals surface area contributed by atoms with Crippen molar-refractivity contribution in [3.63, 3.8) is 0 Å². The van der Waals surface area contributed by atoms with E-state index in [2.05, 4.69) is 4.98 Å². The van der Waals surface area contributed by atoms with Gasteiger partial charge in [0, 0.05) is 53.4 Å². The normalized spacial score (nSPS) is 23.8. The van der Waals surface area contributed by atoms with Gasteiger partial charge in [-0.15, -0.1) is 0 Å². The number of aromatic nitrogens is 3. The van der Waals surface area contributed by atoms with E-state index in [1.54, 1.807) is 49.7 Å². The molecule has 0 saturated carbocycles. The summed E-state index contributed by atoms with van der Waals surface area (Å²) in [4.78, 5) is 37.8. The number of pyridine rings is 1. The molecule has 3 atom stereocenters. The highest BCUT2D eigenvalue weighted by Gasteiger charge is 2.45. The number of aliphatic hydroxyl groups is 1. The van der Waals surface area contributed by atoms with E-state index >= 15 is 0 Å². The second kappa shape index (κ2) is 10.2. The van der Waals surface area contributed by atoms with E-state index in [0.29, 0.717) is 41.1 Å². The van der Waals surface area contributed by atoms with Crippen LogP contribution in [0.5, 0.6) is 5.75 Å². The first-order valence-corrected chi connectivity index (χ1v) is 14.6. The number of β-amino-alcohol motifs (C(OH)–C–C–N with tert-alkyl or cyclic N) is 1. The molecular weight excluding hydrogens is 584 g/mol. The molecule has 234 valence electrons. The van der Waals surface area contributed by atoms with Gasteiger partial charge >= 0.3 is 12.7 Å². The van der Waals surface area contributed by atoms with Crippen molar-refractivity contribution >= 4 is 23.0 Å². The summed E-state index contributed by atoms with van der Waals surface area (Å²) in [5.41, 5.74) is 1.15. The third-order valence-corrected chi connectivity index (χ3v) is 8.62. The molecule has 7 rings (SSSR count). The van der Waals surface area contributed by atoms with Gasteiger partial charge in [-0.2, -0.15) is 8.78 Å². The van der Waals surface area contributed by atoms with Gasteiger partial charge in [-0.05, 0) is 56.7 Å². The van der Waals surface area contributed by atoms with Crippen LogP contribution in [0.1, 0.15) is 77.2 Å².